The van der Waals surface area contributed by atoms with Gasteiger partial charge in [-0.05, 0) is 55.6 Å². The molecule has 158 valence electrons. The molecule has 4 rings (SSSR count). The zero-order valence-corrected chi connectivity index (χ0v) is 17.5. The van der Waals surface area contributed by atoms with Crippen LogP contribution in [-0.2, 0) is 9.59 Å². The SMILES string of the molecule is COc1ccc(N2C[C@@H](C(=O)Nc3ccc(N4CCN(C)CC4)cc3)CC2=O)cc1. The molecule has 0 spiro atoms. The number of nitrogens with zero attached hydrogens (tertiary/aromatic N) is 3. The summed E-state index contributed by atoms with van der Waals surface area (Å²) in [6.07, 6.45) is 0.219. The second-order valence-electron chi connectivity index (χ2n) is 7.93. The first-order valence-corrected chi connectivity index (χ1v) is 10.3. The maximum absolute atomic E-state index is 12.7. The van der Waals surface area contributed by atoms with Gasteiger partial charge in [0, 0.05) is 56.2 Å². The molecule has 1 atom stereocenters. The first-order valence-electron chi connectivity index (χ1n) is 10.3. The Morgan fingerprint density at radius 3 is 2.23 bits per heavy atom. The first kappa shape index (κ1) is 20.2. The Balaban J connectivity index is 1.35. The normalized spacial score (nSPS) is 19.8. The van der Waals surface area contributed by atoms with Gasteiger partial charge >= 0.3 is 0 Å². The summed E-state index contributed by atoms with van der Waals surface area (Å²) < 4.78 is 5.16. The van der Waals surface area contributed by atoms with Crippen LogP contribution in [-0.4, -0.2) is 63.6 Å². The fraction of sp³-hybridized carbons (Fsp3) is 0.391. The lowest BCUT2D eigenvalue weighted by atomic mass is 10.1. The molecule has 2 fully saturated rings. The number of amides is 2. The van der Waals surface area contributed by atoms with Crippen LogP contribution in [0.5, 0.6) is 5.75 Å². The first-order chi connectivity index (χ1) is 14.5. The molecule has 0 aromatic heterocycles. The Labute approximate surface area is 177 Å². The number of hydrogen-bond donors (Lipinski definition) is 1. The summed E-state index contributed by atoms with van der Waals surface area (Å²) in [5.74, 6) is 0.217. The van der Waals surface area contributed by atoms with Crippen molar-refractivity contribution >= 4 is 28.9 Å². The van der Waals surface area contributed by atoms with Crippen molar-refractivity contribution < 1.29 is 14.3 Å². The molecule has 7 nitrogen and oxygen atoms in total. The van der Waals surface area contributed by atoms with Crippen molar-refractivity contribution in [1.82, 2.24) is 4.90 Å². The number of anilines is 3. The van der Waals surface area contributed by atoms with Gasteiger partial charge in [-0.25, -0.2) is 0 Å². The number of carbonyl (C=O) groups is 2. The van der Waals surface area contributed by atoms with E-state index in [4.69, 9.17) is 4.74 Å². The van der Waals surface area contributed by atoms with Crippen LogP contribution in [0, 0.1) is 5.92 Å². The minimum absolute atomic E-state index is 0.0364. The molecule has 2 heterocycles. The number of nitrogens with one attached hydrogen (secondary N) is 1. The van der Waals surface area contributed by atoms with Gasteiger partial charge in [0.15, 0.2) is 0 Å². The summed E-state index contributed by atoms with van der Waals surface area (Å²) in [4.78, 5) is 31.5. The minimum Gasteiger partial charge on any atom is -0.497 e. The molecule has 0 bridgehead atoms. The van der Waals surface area contributed by atoms with Gasteiger partial charge in [0.2, 0.25) is 11.8 Å². The fourth-order valence-electron chi connectivity index (χ4n) is 3.96. The van der Waals surface area contributed by atoms with Crippen LogP contribution in [0.25, 0.3) is 0 Å². The fourth-order valence-corrected chi connectivity index (χ4v) is 3.96. The zero-order chi connectivity index (χ0) is 21.1. The molecule has 2 aromatic carbocycles. The topological polar surface area (TPSA) is 65.1 Å². The van der Waals surface area contributed by atoms with E-state index in [1.807, 2.05) is 48.5 Å². The molecule has 2 amide bonds. The third-order valence-electron chi connectivity index (χ3n) is 5.88. The number of rotatable bonds is 5. The third kappa shape index (κ3) is 4.41. The van der Waals surface area contributed by atoms with Crippen LogP contribution in [0.3, 0.4) is 0 Å². The number of benzene rings is 2. The molecule has 0 aliphatic carbocycles. The number of ether oxygens (including phenoxy) is 1. The number of hydrogen-bond acceptors (Lipinski definition) is 5. The van der Waals surface area contributed by atoms with Gasteiger partial charge in [0.05, 0.1) is 13.0 Å². The number of carbonyl (C=O) groups excluding carboxylic acids is 2. The van der Waals surface area contributed by atoms with Crippen LogP contribution in [0.1, 0.15) is 6.42 Å². The van der Waals surface area contributed by atoms with E-state index in [1.165, 1.54) is 5.69 Å². The highest BCUT2D eigenvalue weighted by Crippen LogP contribution is 2.28. The van der Waals surface area contributed by atoms with E-state index in [9.17, 15) is 9.59 Å². The molecule has 2 saturated heterocycles. The van der Waals surface area contributed by atoms with E-state index in [0.29, 0.717) is 6.54 Å². The van der Waals surface area contributed by atoms with Gasteiger partial charge < -0.3 is 24.8 Å². The summed E-state index contributed by atoms with van der Waals surface area (Å²) in [5.41, 5.74) is 2.71. The monoisotopic (exact) mass is 408 g/mol. The zero-order valence-electron chi connectivity index (χ0n) is 17.5. The van der Waals surface area contributed by atoms with E-state index in [-0.39, 0.29) is 24.2 Å². The van der Waals surface area contributed by atoms with E-state index >= 15 is 0 Å². The van der Waals surface area contributed by atoms with Crippen molar-refractivity contribution in [2.45, 2.75) is 6.42 Å². The standard InChI is InChI=1S/C23H28N4O3/c1-25-11-13-26(14-12-25)19-5-3-18(4-6-19)24-23(29)17-15-22(28)27(16-17)20-7-9-21(30-2)10-8-20/h3-10,17H,11-16H2,1-2H3,(H,24,29)/t17-/m0/s1. The van der Waals surface area contributed by atoms with Gasteiger partial charge in [-0.15, -0.1) is 0 Å². The average molecular weight is 409 g/mol. The Morgan fingerprint density at radius 1 is 0.967 bits per heavy atom. The van der Waals surface area contributed by atoms with Crippen LogP contribution >= 0.6 is 0 Å². The van der Waals surface area contributed by atoms with Crippen molar-refractivity contribution in [2.24, 2.45) is 5.92 Å². The Kier molecular flexibility index (Phi) is 5.90. The molecule has 7 heteroatoms. The molecule has 30 heavy (non-hydrogen) atoms. The highest BCUT2D eigenvalue weighted by molar-refractivity contribution is 6.03. The molecule has 2 aliphatic heterocycles. The minimum atomic E-state index is -0.364. The lowest BCUT2D eigenvalue weighted by Gasteiger charge is -2.34. The molecule has 0 saturated carbocycles. The van der Waals surface area contributed by atoms with Crippen LogP contribution in [0.15, 0.2) is 48.5 Å². The largest absolute Gasteiger partial charge is 0.497 e. The van der Waals surface area contributed by atoms with Gasteiger partial charge in [-0.1, -0.05) is 0 Å². The summed E-state index contributed by atoms with van der Waals surface area (Å²) in [6.45, 7) is 4.51. The predicted molar refractivity (Wildman–Crippen MR) is 118 cm³/mol. The van der Waals surface area contributed by atoms with Gasteiger partial charge in [-0.3, -0.25) is 9.59 Å². The maximum Gasteiger partial charge on any atom is 0.229 e. The Bertz CT molecular complexity index is 890. The summed E-state index contributed by atoms with van der Waals surface area (Å²) in [5, 5.41) is 2.97. The van der Waals surface area contributed by atoms with Crippen LogP contribution < -0.4 is 19.9 Å². The van der Waals surface area contributed by atoms with Crippen molar-refractivity contribution in [3.63, 3.8) is 0 Å². The van der Waals surface area contributed by atoms with Gasteiger partial charge in [0.1, 0.15) is 5.75 Å². The van der Waals surface area contributed by atoms with E-state index in [0.717, 1.165) is 43.3 Å². The van der Waals surface area contributed by atoms with Crippen LogP contribution in [0.2, 0.25) is 0 Å². The lowest BCUT2D eigenvalue weighted by molar-refractivity contribution is -0.122. The summed E-state index contributed by atoms with van der Waals surface area (Å²) in [7, 11) is 3.74. The highest BCUT2D eigenvalue weighted by atomic mass is 16.5. The molecular weight excluding hydrogens is 380 g/mol. The van der Waals surface area contributed by atoms with E-state index in [1.54, 1.807) is 12.0 Å². The van der Waals surface area contributed by atoms with E-state index < -0.39 is 0 Å². The Morgan fingerprint density at radius 2 is 1.60 bits per heavy atom. The predicted octanol–water partition coefficient (Wildman–Crippen LogP) is 2.44. The second-order valence-corrected chi connectivity index (χ2v) is 7.93. The van der Waals surface area contributed by atoms with Crippen molar-refractivity contribution in [2.75, 3.05) is 62.0 Å². The second kappa shape index (κ2) is 8.75. The maximum atomic E-state index is 12.7. The number of likely N-dealkylation sites (N-methyl/N-ethyl adjacent to an activating group) is 1. The van der Waals surface area contributed by atoms with Gasteiger partial charge in [-0.2, -0.15) is 0 Å². The summed E-state index contributed by atoms with van der Waals surface area (Å²) in [6, 6.07) is 15.3. The highest BCUT2D eigenvalue weighted by Gasteiger charge is 2.35. The number of methoxy groups -OCH3 is 1. The molecular formula is C23H28N4O3. The molecule has 0 radical (unpaired) electrons. The third-order valence-corrected chi connectivity index (χ3v) is 5.88. The van der Waals surface area contributed by atoms with Gasteiger partial charge in [0.25, 0.3) is 0 Å². The molecule has 0 unspecified atom stereocenters. The number of piperazine rings is 1. The van der Waals surface area contributed by atoms with E-state index in [2.05, 4.69) is 22.2 Å². The van der Waals surface area contributed by atoms with Crippen molar-refractivity contribution in [3.05, 3.63) is 48.5 Å². The smallest absolute Gasteiger partial charge is 0.229 e. The van der Waals surface area contributed by atoms with Crippen molar-refractivity contribution in [1.29, 1.82) is 0 Å². The average Bonchev–Trinajstić information content (AvgIpc) is 3.17. The quantitative estimate of drug-likeness (QED) is 0.823. The van der Waals surface area contributed by atoms with Crippen molar-refractivity contribution in [3.8, 4) is 5.75 Å². The molecule has 2 aromatic rings. The van der Waals surface area contributed by atoms with Crippen LogP contribution in [0.4, 0.5) is 17.1 Å². The summed E-state index contributed by atoms with van der Waals surface area (Å²) >= 11 is 0. The lowest BCUT2D eigenvalue weighted by Crippen LogP contribution is -2.44. The molecule has 1 N–H and O–H groups in total. The Hall–Kier alpha value is -3.06. The molecule has 2 aliphatic rings.